The molecule has 0 aliphatic heterocycles. The Morgan fingerprint density at radius 1 is 1.50 bits per heavy atom. The lowest BCUT2D eigenvalue weighted by molar-refractivity contribution is 0.275. The van der Waals surface area contributed by atoms with Crippen LogP contribution in [-0.2, 0) is 10.0 Å². The molecule has 5 nitrogen and oxygen atoms in total. The topological polar surface area (TPSA) is 92.4 Å². The number of hydrogen-bond donors (Lipinski definition) is 3. The SMILES string of the molecule is Cc1cc(Cl)c(N)cc1S(=O)(=O)NC(C)CCO. The number of nitrogens with two attached hydrogens (primary N) is 1. The molecule has 102 valence electrons. The van der Waals surface area contributed by atoms with Crippen molar-refractivity contribution in [2.45, 2.75) is 31.2 Å². The third kappa shape index (κ3) is 3.58. The fourth-order valence-corrected chi connectivity index (χ4v) is 3.30. The van der Waals surface area contributed by atoms with E-state index in [1.807, 2.05) is 0 Å². The first-order valence-corrected chi connectivity index (χ1v) is 7.33. The molecule has 1 aromatic rings. The van der Waals surface area contributed by atoms with Crippen LogP contribution < -0.4 is 10.5 Å². The maximum atomic E-state index is 12.1. The quantitative estimate of drug-likeness (QED) is 0.713. The molecule has 0 aliphatic carbocycles. The van der Waals surface area contributed by atoms with E-state index in [2.05, 4.69) is 4.72 Å². The van der Waals surface area contributed by atoms with Crippen LogP contribution in [0, 0.1) is 6.92 Å². The Morgan fingerprint density at radius 2 is 2.11 bits per heavy atom. The van der Waals surface area contributed by atoms with Crippen molar-refractivity contribution in [1.82, 2.24) is 4.72 Å². The number of rotatable bonds is 5. The Morgan fingerprint density at radius 3 is 2.67 bits per heavy atom. The second-order valence-corrected chi connectivity index (χ2v) is 6.26. The summed E-state index contributed by atoms with van der Waals surface area (Å²) in [4.78, 5) is 0.106. The molecular weight excluding hydrogens is 276 g/mol. The van der Waals surface area contributed by atoms with Crippen molar-refractivity contribution >= 4 is 27.3 Å². The second-order valence-electron chi connectivity index (χ2n) is 4.17. The third-order valence-corrected chi connectivity index (χ3v) is 4.56. The summed E-state index contributed by atoms with van der Waals surface area (Å²) in [5.41, 5.74) is 6.36. The summed E-state index contributed by atoms with van der Waals surface area (Å²) in [7, 11) is -3.65. The lowest BCUT2D eigenvalue weighted by Gasteiger charge is -2.15. The van der Waals surface area contributed by atoms with Gasteiger partial charge in [0.25, 0.3) is 0 Å². The van der Waals surface area contributed by atoms with Crippen molar-refractivity contribution < 1.29 is 13.5 Å². The first-order valence-electron chi connectivity index (χ1n) is 5.46. The predicted octanol–water partition coefficient (Wildman–Crippen LogP) is 1.28. The lowest BCUT2D eigenvalue weighted by atomic mass is 10.2. The molecule has 0 amide bonds. The summed E-state index contributed by atoms with van der Waals surface area (Å²) in [5.74, 6) is 0. The van der Waals surface area contributed by atoms with Gasteiger partial charge in [-0.25, -0.2) is 13.1 Å². The smallest absolute Gasteiger partial charge is 0.241 e. The summed E-state index contributed by atoms with van der Waals surface area (Å²) < 4.78 is 26.7. The molecule has 0 bridgehead atoms. The van der Waals surface area contributed by atoms with Gasteiger partial charge in [-0.1, -0.05) is 11.6 Å². The van der Waals surface area contributed by atoms with Crippen LogP contribution >= 0.6 is 11.6 Å². The van der Waals surface area contributed by atoms with Crippen LogP contribution in [0.25, 0.3) is 0 Å². The Kier molecular flexibility index (Phi) is 4.98. The standard InChI is InChI=1S/C11H17ClN2O3S/c1-7-5-9(12)10(13)6-11(7)18(16,17)14-8(2)3-4-15/h5-6,8,14-15H,3-4,13H2,1-2H3. The van der Waals surface area contributed by atoms with Gasteiger partial charge in [-0.2, -0.15) is 0 Å². The molecule has 1 unspecified atom stereocenters. The van der Waals surface area contributed by atoms with E-state index < -0.39 is 10.0 Å². The maximum absolute atomic E-state index is 12.1. The molecule has 0 radical (unpaired) electrons. The number of benzene rings is 1. The number of aryl methyl sites for hydroxylation is 1. The minimum Gasteiger partial charge on any atom is -0.397 e. The molecule has 1 atom stereocenters. The molecule has 0 saturated carbocycles. The molecule has 0 aromatic heterocycles. The molecule has 0 saturated heterocycles. The van der Waals surface area contributed by atoms with E-state index in [0.29, 0.717) is 17.0 Å². The van der Waals surface area contributed by atoms with Gasteiger partial charge in [-0.3, -0.25) is 0 Å². The Hall–Kier alpha value is -0.820. The van der Waals surface area contributed by atoms with Gasteiger partial charge >= 0.3 is 0 Å². The van der Waals surface area contributed by atoms with Gasteiger partial charge in [0.2, 0.25) is 10.0 Å². The van der Waals surface area contributed by atoms with Gasteiger partial charge in [-0.15, -0.1) is 0 Å². The van der Waals surface area contributed by atoms with Crippen molar-refractivity contribution in [1.29, 1.82) is 0 Å². The van der Waals surface area contributed by atoms with E-state index in [4.69, 9.17) is 22.4 Å². The Balaban J connectivity index is 3.09. The van der Waals surface area contributed by atoms with Crippen LogP contribution in [0.2, 0.25) is 5.02 Å². The summed E-state index contributed by atoms with van der Waals surface area (Å²) in [6.07, 6.45) is 0.349. The van der Waals surface area contributed by atoms with Gasteiger partial charge < -0.3 is 10.8 Å². The van der Waals surface area contributed by atoms with Crippen molar-refractivity contribution in [2.24, 2.45) is 0 Å². The number of sulfonamides is 1. The summed E-state index contributed by atoms with van der Waals surface area (Å²) >= 11 is 5.82. The highest BCUT2D eigenvalue weighted by molar-refractivity contribution is 7.89. The zero-order valence-electron chi connectivity index (χ0n) is 10.3. The van der Waals surface area contributed by atoms with Crippen LogP contribution in [0.3, 0.4) is 0 Å². The van der Waals surface area contributed by atoms with E-state index in [0.717, 1.165) is 0 Å². The minimum absolute atomic E-state index is 0.0780. The Labute approximate surface area is 112 Å². The molecule has 7 heteroatoms. The monoisotopic (exact) mass is 292 g/mol. The highest BCUT2D eigenvalue weighted by atomic mass is 35.5. The molecule has 1 aromatic carbocycles. The number of hydrogen-bond acceptors (Lipinski definition) is 4. The fraction of sp³-hybridized carbons (Fsp3) is 0.455. The Bertz CT molecular complexity index is 531. The maximum Gasteiger partial charge on any atom is 0.241 e. The first-order chi connectivity index (χ1) is 8.27. The number of halogens is 1. The van der Waals surface area contributed by atoms with Crippen molar-refractivity contribution in [3.8, 4) is 0 Å². The van der Waals surface area contributed by atoms with E-state index in [1.165, 1.54) is 12.1 Å². The van der Waals surface area contributed by atoms with Crippen molar-refractivity contribution in [3.05, 3.63) is 22.7 Å². The molecular formula is C11H17ClN2O3S. The summed E-state index contributed by atoms with van der Waals surface area (Å²) in [5, 5.41) is 9.10. The molecule has 4 N–H and O–H groups in total. The number of aliphatic hydroxyl groups is 1. The van der Waals surface area contributed by atoms with Gasteiger partial charge in [0.05, 0.1) is 15.6 Å². The second kappa shape index (κ2) is 5.88. The van der Waals surface area contributed by atoms with Crippen LogP contribution in [0.1, 0.15) is 18.9 Å². The lowest BCUT2D eigenvalue weighted by Crippen LogP contribution is -2.33. The summed E-state index contributed by atoms with van der Waals surface area (Å²) in [6.45, 7) is 3.25. The largest absolute Gasteiger partial charge is 0.397 e. The molecule has 1 rings (SSSR count). The molecule has 18 heavy (non-hydrogen) atoms. The molecule has 0 heterocycles. The molecule has 0 fully saturated rings. The van der Waals surface area contributed by atoms with Crippen molar-refractivity contribution in [2.75, 3.05) is 12.3 Å². The zero-order chi connectivity index (χ0) is 13.9. The van der Waals surface area contributed by atoms with Crippen LogP contribution in [0.15, 0.2) is 17.0 Å². The number of aliphatic hydroxyl groups excluding tert-OH is 1. The average molecular weight is 293 g/mol. The normalized spacial score (nSPS) is 13.6. The number of nitrogens with one attached hydrogen (secondary N) is 1. The highest BCUT2D eigenvalue weighted by Crippen LogP contribution is 2.26. The molecule has 0 aliphatic rings. The van der Waals surface area contributed by atoms with Gasteiger partial charge in [0, 0.05) is 12.6 Å². The minimum atomic E-state index is -3.65. The van der Waals surface area contributed by atoms with E-state index in [9.17, 15) is 8.42 Å². The predicted molar refractivity (Wildman–Crippen MR) is 72.1 cm³/mol. The first kappa shape index (κ1) is 15.2. The van der Waals surface area contributed by atoms with Gasteiger partial charge in [0.15, 0.2) is 0 Å². The number of nitrogen functional groups attached to an aromatic ring is 1. The van der Waals surface area contributed by atoms with E-state index >= 15 is 0 Å². The zero-order valence-corrected chi connectivity index (χ0v) is 11.8. The van der Waals surface area contributed by atoms with Gasteiger partial charge in [-0.05, 0) is 38.0 Å². The van der Waals surface area contributed by atoms with Crippen LogP contribution in [-0.4, -0.2) is 26.2 Å². The summed E-state index contributed by atoms with van der Waals surface area (Å²) in [6, 6.07) is 2.50. The van der Waals surface area contributed by atoms with E-state index in [1.54, 1.807) is 13.8 Å². The average Bonchev–Trinajstić information content (AvgIpc) is 2.22. The fourth-order valence-electron chi connectivity index (χ4n) is 1.54. The highest BCUT2D eigenvalue weighted by Gasteiger charge is 2.20. The van der Waals surface area contributed by atoms with Crippen LogP contribution in [0.4, 0.5) is 5.69 Å². The number of anilines is 1. The van der Waals surface area contributed by atoms with E-state index in [-0.39, 0.29) is 23.2 Å². The molecule has 0 spiro atoms. The van der Waals surface area contributed by atoms with Crippen LogP contribution in [0.5, 0.6) is 0 Å². The third-order valence-electron chi connectivity index (χ3n) is 2.50. The van der Waals surface area contributed by atoms with Gasteiger partial charge in [0.1, 0.15) is 0 Å². The van der Waals surface area contributed by atoms with Crippen molar-refractivity contribution in [3.63, 3.8) is 0 Å².